The smallest absolute Gasteiger partial charge is 0.232 e. The number of amides is 1. The average Bonchev–Trinajstić information content (AvgIpc) is 2.78. The summed E-state index contributed by atoms with van der Waals surface area (Å²) in [6.07, 6.45) is 3.19. The van der Waals surface area contributed by atoms with Crippen LogP contribution >= 0.6 is 0 Å². The van der Waals surface area contributed by atoms with Gasteiger partial charge in [0.05, 0.1) is 14.2 Å². The normalized spacial score (nSPS) is 19.0. The second kappa shape index (κ2) is 8.34. The molecule has 2 aromatic rings. The van der Waals surface area contributed by atoms with Crippen molar-refractivity contribution in [3.63, 3.8) is 0 Å². The second-order valence-corrected chi connectivity index (χ2v) is 7.75. The van der Waals surface area contributed by atoms with Crippen LogP contribution in [0.1, 0.15) is 49.7 Å². The highest BCUT2D eigenvalue weighted by Crippen LogP contribution is 2.46. The Morgan fingerprint density at radius 1 is 1.00 bits per heavy atom. The van der Waals surface area contributed by atoms with E-state index in [4.69, 9.17) is 9.47 Å². The molecule has 2 aromatic carbocycles. The standard InChI is InChI=1S/C25H27NO4/c1-4-16-8-10-17(11-9-16)26-21-6-5-7-22(27)25(21)20(15-24(26)28)19-13-12-18(29-2)14-23(19)30-3/h8-14,20H,4-7,15H2,1-3H3. The van der Waals surface area contributed by atoms with Gasteiger partial charge < -0.3 is 9.47 Å². The molecule has 156 valence electrons. The molecule has 0 saturated heterocycles. The third-order valence-electron chi connectivity index (χ3n) is 6.09. The fourth-order valence-electron chi connectivity index (χ4n) is 4.55. The van der Waals surface area contributed by atoms with E-state index in [0.717, 1.165) is 41.8 Å². The van der Waals surface area contributed by atoms with Crippen LogP contribution in [0.3, 0.4) is 0 Å². The zero-order valence-electron chi connectivity index (χ0n) is 17.7. The summed E-state index contributed by atoms with van der Waals surface area (Å²) in [5.41, 5.74) is 4.51. The SMILES string of the molecule is CCc1ccc(N2C(=O)CC(c3ccc(OC)cc3OC)C3=C2CCCC3=O)cc1. The number of methoxy groups -OCH3 is 2. The monoisotopic (exact) mass is 405 g/mol. The Labute approximate surface area is 177 Å². The van der Waals surface area contributed by atoms with Crippen LogP contribution in [0.5, 0.6) is 11.5 Å². The minimum absolute atomic E-state index is 0.00979. The number of allylic oxidation sites excluding steroid dienone is 2. The first-order valence-corrected chi connectivity index (χ1v) is 10.5. The molecule has 0 fully saturated rings. The lowest BCUT2D eigenvalue weighted by Crippen LogP contribution is -2.40. The number of ether oxygens (including phenoxy) is 2. The van der Waals surface area contributed by atoms with E-state index in [2.05, 4.69) is 6.92 Å². The quantitative estimate of drug-likeness (QED) is 0.717. The van der Waals surface area contributed by atoms with Gasteiger partial charge in [0.25, 0.3) is 0 Å². The van der Waals surface area contributed by atoms with E-state index >= 15 is 0 Å². The molecule has 1 unspecified atom stereocenters. The molecule has 1 amide bonds. The van der Waals surface area contributed by atoms with Gasteiger partial charge in [-0.2, -0.15) is 0 Å². The van der Waals surface area contributed by atoms with Crippen molar-refractivity contribution >= 4 is 17.4 Å². The average molecular weight is 405 g/mol. The van der Waals surface area contributed by atoms with E-state index in [1.54, 1.807) is 19.1 Å². The van der Waals surface area contributed by atoms with Crippen LogP contribution in [0.4, 0.5) is 5.69 Å². The predicted octanol–water partition coefficient (Wildman–Crippen LogP) is 4.79. The maximum Gasteiger partial charge on any atom is 0.232 e. The minimum atomic E-state index is -0.299. The molecule has 0 N–H and O–H groups in total. The summed E-state index contributed by atoms with van der Waals surface area (Å²) in [6.45, 7) is 2.11. The Hall–Kier alpha value is -3.08. The van der Waals surface area contributed by atoms with Crippen molar-refractivity contribution in [1.29, 1.82) is 0 Å². The number of carbonyl (C=O) groups is 2. The largest absolute Gasteiger partial charge is 0.497 e. The highest BCUT2D eigenvalue weighted by molar-refractivity contribution is 6.07. The van der Waals surface area contributed by atoms with Crippen molar-refractivity contribution in [2.24, 2.45) is 0 Å². The van der Waals surface area contributed by atoms with Gasteiger partial charge in [-0.15, -0.1) is 0 Å². The van der Waals surface area contributed by atoms with Crippen LogP contribution in [-0.2, 0) is 16.0 Å². The molecule has 0 bridgehead atoms. The van der Waals surface area contributed by atoms with Crippen molar-refractivity contribution < 1.29 is 19.1 Å². The first kappa shape index (κ1) is 20.2. The van der Waals surface area contributed by atoms with Crippen LogP contribution in [0.15, 0.2) is 53.7 Å². The molecule has 1 aliphatic carbocycles. The van der Waals surface area contributed by atoms with Gasteiger partial charge >= 0.3 is 0 Å². The molecule has 1 aliphatic heterocycles. The third kappa shape index (κ3) is 3.49. The molecule has 2 aliphatic rings. The van der Waals surface area contributed by atoms with E-state index in [1.165, 1.54) is 5.56 Å². The summed E-state index contributed by atoms with van der Waals surface area (Å²) in [4.78, 5) is 28.2. The van der Waals surface area contributed by atoms with Crippen molar-refractivity contribution in [1.82, 2.24) is 0 Å². The number of anilines is 1. The fraction of sp³-hybridized carbons (Fsp3) is 0.360. The zero-order valence-corrected chi connectivity index (χ0v) is 17.7. The number of nitrogens with zero attached hydrogens (tertiary/aromatic N) is 1. The Morgan fingerprint density at radius 3 is 2.43 bits per heavy atom. The first-order valence-electron chi connectivity index (χ1n) is 10.5. The Balaban J connectivity index is 1.83. The van der Waals surface area contributed by atoms with Crippen molar-refractivity contribution in [2.45, 2.75) is 44.9 Å². The van der Waals surface area contributed by atoms with Gasteiger partial charge in [0.2, 0.25) is 5.91 Å². The maximum absolute atomic E-state index is 13.3. The molecule has 1 atom stereocenters. The lowest BCUT2D eigenvalue weighted by Gasteiger charge is -2.38. The Kier molecular flexibility index (Phi) is 5.62. The van der Waals surface area contributed by atoms with Gasteiger partial charge in [-0.25, -0.2) is 0 Å². The lowest BCUT2D eigenvalue weighted by atomic mass is 9.76. The number of carbonyl (C=O) groups excluding carboxylic acids is 2. The Bertz CT molecular complexity index is 1010. The van der Waals surface area contributed by atoms with Gasteiger partial charge in [0.1, 0.15) is 11.5 Å². The lowest BCUT2D eigenvalue weighted by molar-refractivity contribution is -0.119. The summed E-state index contributed by atoms with van der Waals surface area (Å²) in [7, 11) is 3.20. The first-order chi connectivity index (χ1) is 14.6. The number of benzene rings is 2. The minimum Gasteiger partial charge on any atom is -0.497 e. The molecule has 30 heavy (non-hydrogen) atoms. The summed E-state index contributed by atoms with van der Waals surface area (Å²) in [5.74, 6) is 1.15. The molecule has 5 heteroatoms. The molecule has 0 saturated carbocycles. The van der Waals surface area contributed by atoms with Gasteiger partial charge in [-0.3, -0.25) is 14.5 Å². The van der Waals surface area contributed by atoms with Gasteiger partial charge in [-0.1, -0.05) is 25.1 Å². The van der Waals surface area contributed by atoms with E-state index < -0.39 is 0 Å². The molecule has 1 heterocycles. The highest BCUT2D eigenvalue weighted by Gasteiger charge is 2.40. The molecule has 0 spiro atoms. The second-order valence-electron chi connectivity index (χ2n) is 7.75. The number of Topliss-reactive ketones (excluding diaryl/α,β-unsaturated/α-hetero) is 1. The van der Waals surface area contributed by atoms with Crippen molar-refractivity contribution in [3.8, 4) is 11.5 Å². The predicted molar refractivity (Wildman–Crippen MR) is 116 cm³/mol. The van der Waals surface area contributed by atoms with Crippen LogP contribution in [-0.4, -0.2) is 25.9 Å². The number of ketones is 1. The number of rotatable bonds is 5. The van der Waals surface area contributed by atoms with Crippen LogP contribution < -0.4 is 14.4 Å². The number of hydrogen-bond acceptors (Lipinski definition) is 4. The van der Waals surface area contributed by atoms with Crippen LogP contribution in [0.2, 0.25) is 0 Å². The number of hydrogen-bond donors (Lipinski definition) is 0. The van der Waals surface area contributed by atoms with Gasteiger partial charge in [0, 0.05) is 47.3 Å². The summed E-state index contributed by atoms with van der Waals surface area (Å²) in [6, 6.07) is 13.6. The van der Waals surface area contributed by atoms with Crippen molar-refractivity contribution in [3.05, 3.63) is 64.9 Å². The van der Waals surface area contributed by atoms with Gasteiger partial charge in [-0.05, 0) is 43.0 Å². The molecule has 0 aromatic heterocycles. The van der Waals surface area contributed by atoms with E-state index in [9.17, 15) is 9.59 Å². The van der Waals surface area contributed by atoms with Crippen molar-refractivity contribution in [2.75, 3.05) is 19.1 Å². The van der Waals surface area contributed by atoms with Crippen LogP contribution in [0, 0.1) is 0 Å². The molecule has 5 nitrogen and oxygen atoms in total. The fourth-order valence-corrected chi connectivity index (χ4v) is 4.55. The molecule has 0 radical (unpaired) electrons. The molecular weight excluding hydrogens is 378 g/mol. The highest BCUT2D eigenvalue weighted by atomic mass is 16.5. The Morgan fingerprint density at radius 2 is 1.77 bits per heavy atom. The van der Waals surface area contributed by atoms with E-state index in [0.29, 0.717) is 17.9 Å². The molecule has 4 rings (SSSR count). The van der Waals surface area contributed by atoms with Crippen LogP contribution in [0.25, 0.3) is 0 Å². The zero-order chi connectivity index (χ0) is 21.3. The maximum atomic E-state index is 13.3. The summed E-state index contributed by atoms with van der Waals surface area (Å²) in [5, 5.41) is 0. The molecular formula is C25H27NO4. The summed E-state index contributed by atoms with van der Waals surface area (Å²) >= 11 is 0. The summed E-state index contributed by atoms with van der Waals surface area (Å²) < 4.78 is 10.9. The topological polar surface area (TPSA) is 55.8 Å². The van der Waals surface area contributed by atoms with E-state index in [-0.39, 0.29) is 24.0 Å². The van der Waals surface area contributed by atoms with E-state index in [1.807, 2.05) is 42.5 Å². The van der Waals surface area contributed by atoms with Gasteiger partial charge in [0.15, 0.2) is 5.78 Å². The number of aryl methyl sites for hydroxylation is 1. The third-order valence-corrected chi connectivity index (χ3v) is 6.09.